The molecule has 0 rings (SSSR count). The van der Waals surface area contributed by atoms with Gasteiger partial charge in [0.25, 0.3) is 6.47 Å². The molecule has 9 heavy (non-hydrogen) atoms. The number of carbonyl (C=O) groups excluding carboxylic acids is 1. The van der Waals surface area contributed by atoms with Gasteiger partial charge in [0.2, 0.25) is 0 Å². The Morgan fingerprint density at radius 1 is 1.44 bits per heavy atom. The van der Waals surface area contributed by atoms with E-state index in [2.05, 4.69) is 24.7 Å². The summed E-state index contributed by atoms with van der Waals surface area (Å²) in [6, 6.07) is 0. The Labute approximate surface area is 56.9 Å². The van der Waals surface area contributed by atoms with E-state index in [0.717, 1.165) is 6.16 Å². The predicted octanol–water partition coefficient (Wildman–Crippen LogP) is 1.07. The molecule has 0 bridgehead atoms. The minimum atomic E-state index is -0.729. The zero-order chi connectivity index (χ0) is 7.33. The quantitative estimate of drug-likeness (QED) is 0.339. The molecule has 0 spiro atoms. The molecular formula is C6H14O2P+. The summed E-state index contributed by atoms with van der Waals surface area (Å²) >= 11 is 0. The van der Waals surface area contributed by atoms with Gasteiger partial charge in [-0.2, -0.15) is 0 Å². The first kappa shape index (κ1) is 8.90. The van der Waals surface area contributed by atoms with Crippen molar-refractivity contribution in [1.82, 2.24) is 0 Å². The average Bonchev–Trinajstić information content (AvgIpc) is 1.63. The molecule has 0 heterocycles. The van der Waals surface area contributed by atoms with E-state index in [9.17, 15) is 4.79 Å². The summed E-state index contributed by atoms with van der Waals surface area (Å²) in [4.78, 5) is 9.68. The second-order valence-electron chi connectivity index (χ2n) is 2.98. The first-order chi connectivity index (χ1) is 4.06. The minimum Gasteiger partial charge on any atom is -0.464 e. The highest BCUT2D eigenvalue weighted by Crippen LogP contribution is 2.45. The molecule has 0 fully saturated rings. The van der Waals surface area contributed by atoms with Crippen LogP contribution in [0.4, 0.5) is 0 Å². The lowest BCUT2D eigenvalue weighted by Gasteiger charge is -2.09. The Hall–Kier alpha value is -0.100. The highest BCUT2D eigenvalue weighted by atomic mass is 31.2. The van der Waals surface area contributed by atoms with Gasteiger partial charge < -0.3 is 4.74 Å². The van der Waals surface area contributed by atoms with E-state index in [1.807, 2.05) is 0 Å². The van der Waals surface area contributed by atoms with Gasteiger partial charge in [-0.05, 0) is 0 Å². The van der Waals surface area contributed by atoms with Crippen molar-refractivity contribution in [2.24, 2.45) is 0 Å². The minimum absolute atomic E-state index is 0.510. The first-order valence-corrected chi connectivity index (χ1v) is 6.23. The van der Waals surface area contributed by atoms with Crippen molar-refractivity contribution in [2.75, 3.05) is 32.8 Å². The molecule has 0 saturated heterocycles. The average molecular weight is 149 g/mol. The topological polar surface area (TPSA) is 26.3 Å². The van der Waals surface area contributed by atoms with Crippen LogP contribution in [0.2, 0.25) is 0 Å². The van der Waals surface area contributed by atoms with Gasteiger partial charge >= 0.3 is 0 Å². The monoisotopic (exact) mass is 149 g/mol. The smallest absolute Gasteiger partial charge is 0.293 e. The van der Waals surface area contributed by atoms with E-state index in [-0.39, 0.29) is 0 Å². The van der Waals surface area contributed by atoms with Gasteiger partial charge in [-0.3, -0.25) is 4.79 Å². The Morgan fingerprint density at radius 3 is 2.33 bits per heavy atom. The normalized spacial score (nSPS) is 11.0. The third-order valence-electron chi connectivity index (χ3n) is 0.948. The molecule has 3 heteroatoms. The summed E-state index contributed by atoms with van der Waals surface area (Å²) in [5.41, 5.74) is 0. The SMILES string of the molecule is C[P+](C)(C)CCOC=O. The van der Waals surface area contributed by atoms with Crippen molar-refractivity contribution in [2.45, 2.75) is 0 Å². The zero-order valence-electron chi connectivity index (χ0n) is 6.26. The maximum Gasteiger partial charge on any atom is 0.293 e. The lowest BCUT2D eigenvalue weighted by molar-refractivity contribution is -0.128. The van der Waals surface area contributed by atoms with Gasteiger partial charge in [-0.1, -0.05) is 0 Å². The second-order valence-corrected chi connectivity index (χ2v) is 8.01. The summed E-state index contributed by atoms with van der Waals surface area (Å²) in [6.07, 6.45) is 1.03. The fourth-order valence-corrected chi connectivity index (χ4v) is 1.03. The van der Waals surface area contributed by atoms with Crippen molar-refractivity contribution in [1.29, 1.82) is 0 Å². The fraction of sp³-hybridized carbons (Fsp3) is 0.833. The molecule has 0 saturated carbocycles. The molecule has 0 aliphatic rings. The summed E-state index contributed by atoms with van der Waals surface area (Å²) in [5, 5.41) is 0. The van der Waals surface area contributed by atoms with Crippen LogP contribution in [0, 0.1) is 0 Å². The van der Waals surface area contributed by atoms with E-state index >= 15 is 0 Å². The fourth-order valence-electron chi connectivity index (χ4n) is 0.375. The van der Waals surface area contributed by atoms with Crippen molar-refractivity contribution < 1.29 is 9.53 Å². The molecule has 2 nitrogen and oxygen atoms in total. The number of ether oxygens (including phenoxy) is 1. The van der Waals surface area contributed by atoms with Crippen molar-refractivity contribution in [3.63, 3.8) is 0 Å². The maximum absolute atomic E-state index is 9.68. The molecule has 0 aromatic carbocycles. The van der Waals surface area contributed by atoms with Crippen LogP contribution in [-0.2, 0) is 9.53 Å². The van der Waals surface area contributed by atoms with Crippen molar-refractivity contribution >= 4 is 13.7 Å². The van der Waals surface area contributed by atoms with E-state index in [1.54, 1.807) is 0 Å². The molecule has 0 amide bonds. The third kappa shape index (κ3) is 7.90. The summed E-state index contributed by atoms with van der Waals surface area (Å²) in [6.45, 7) is 7.76. The molecule has 0 aromatic heterocycles. The standard InChI is InChI=1S/C6H14O2P/c1-9(2,3)5-4-8-6-7/h6H,4-5H2,1-3H3/q+1. The number of hydrogen-bond acceptors (Lipinski definition) is 2. The van der Waals surface area contributed by atoms with Gasteiger partial charge in [0, 0.05) is 27.3 Å². The number of rotatable bonds is 4. The molecule has 0 aromatic rings. The summed E-state index contributed by atoms with van der Waals surface area (Å²) in [5.74, 6) is 0. The maximum atomic E-state index is 9.68. The second kappa shape index (κ2) is 3.84. The Morgan fingerprint density at radius 2 is 2.00 bits per heavy atom. The molecule has 0 radical (unpaired) electrons. The largest absolute Gasteiger partial charge is 0.464 e. The third-order valence-corrected chi connectivity index (χ3v) is 2.47. The Kier molecular flexibility index (Phi) is 3.79. The van der Waals surface area contributed by atoms with E-state index < -0.39 is 7.26 Å². The van der Waals surface area contributed by atoms with Crippen molar-refractivity contribution in [3.05, 3.63) is 0 Å². The summed E-state index contributed by atoms with van der Waals surface area (Å²) in [7, 11) is -0.729. The van der Waals surface area contributed by atoms with Gasteiger partial charge in [-0.15, -0.1) is 0 Å². The molecular weight excluding hydrogens is 135 g/mol. The van der Waals surface area contributed by atoms with Crippen LogP contribution < -0.4 is 0 Å². The van der Waals surface area contributed by atoms with E-state index in [1.165, 1.54) is 0 Å². The van der Waals surface area contributed by atoms with Gasteiger partial charge in [-0.25, -0.2) is 0 Å². The van der Waals surface area contributed by atoms with Crippen LogP contribution in [0.5, 0.6) is 0 Å². The molecule has 0 aliphatic carbocycles. The highest BCUT2D eigenvalue weighted by molar-refractivity contribution is 7.73. The first-order valence-electron chi connectivity index (χ1n) is 2.92. The van der Waals surface area contributed by atoms with Crippen LogP contribution in [0.3, 0.4) is 0 Å². The van der Waals surface area contributed by atoms with Crippen LogP contribution in [0.1, 0.15) is 0 Å². The lowest BCUT2D eigenvalue weighted by atomic mass is 10.9. The van der Waals surface area contributed by atoms with Crippen LogP contribution in [0.25, 0.3) is 0 Å². The Balaban J connectivity index is 3.17. The van der Waals surface area contributed by atoms with Crippen LogP contribution in [-0.4, -0.2) is 39.2 Å². The molecule has 54 valence electrons. The van der Waals surface area contributed by atoms with E-state index in [0.29, 0.717) is 13.1 Å². The molecule has 0 atom stereocenters. The Bertz CT molecular complexity index is 85.5. The molecule has 0 N–H and O–H groups in total. The van der Waals surface area contributed by atoms with Crippen molar-refractivity contribution in [3.8, 4) is 0 Å². The number of hydrogen-bond donors (Lipinski definition) is 0. The molecule has 0 unspecified atom stereocenters. The van der Waals surface area contributed by atoms with Gasteiger partial charge in [0.1, 0.15) is 6.61 Å². The highest BCUT2D eigenvalue weighted by Gasteiger charge is 2.15. The predicted molar refractivity (Wildman–Crippen MR) is 41.6 cm³/mol. The van der Waals surface area contributed by atoms with E-state index in [4.69, 9.17) is 0 Å². The summed E-state index contributed by atoms with van der Waals surface area (Å²) < 4.78 is 4.56. The lowest BCUT2D eigenvalue weighted by Crippen LogP contribution is -2.01. The van der Waals surface area contributed by atoms with Crippen LogP contribution in [0.15, 0.2) is 0 Å². The van der Waals surface area contributed by atoms with Gasteiger partial charge in [0.15, 0.2) is 0 Å². The zero-order valence-corrected chi connectivity index (χ0v) is 7.15. The van der Waals surface area contributed by atoms with Gasteiger partial charge in [0.05, 0.1) is 6.16 Å². The van der Waals surface area contributed by atoms with Crippen LogP contribution >= 0.6 is 7.26 Å². The number of carbonyl (C=O) groups is 1. The molecule has 0 aliphatic heterocycles.